The Hall–Kier alpha value is -3.18. The van der Waals surface area contributed by atoms with E-state index >= 15 is 0 Å². The van der Waals surface area contributed by atoms with Crippen LogP contribution in [0.25, 0.3) is 0 Å². The van der Waals surface area contributed by atoms with E-state index in [2.05, 4.69) is 25.6 Å². The van der Waals surface area contributed by atoms with Crippen LogP contribution in [0, 0.1) is 12.8 Å². The smallest absolute Gasteiger partial charge is 0.325 e. The van der Waals surface area contributed by atoms with Crippen LogP contribution in [0.3, 0.4) is 0 Å². The molecule has 1 fully saturated rings. The third kappa shape index (κ3) is 5.79. The summed E-state index contributed by atoms with van der Waals surface area (Å²) >= 11 is 2.41. The first-order valence-electron chi connectivity index (χ1n) is 10.5. The number of carbonyl (C=O) groups is 3. The van der Waals surface area contributed by atoms with Gasteiger partial charge in [0.2, 0.25) is 0 Å². The molecule has 0 saturated heterocycles. The lowest BCUT2D eigenvalue weighted by Crippen LogP contribution is -2.22. The number of urea groups is 1. The standard InChI is InChI=1S/C22H23N5O4S2/c1-12-6-7-15(14(10-12)18(30)13-4-2-3-5-13)25-20(31)27-22-26-16(11-17(28)29)19(33-22)32-21-23-8-9-24-21/h6-10,13H,2-5,11H2,1H3,(H,23,24)(H,28,29)(H2,25,26,27,31). The van der Waals surface area contributed by atoms with Gasteiger partial charge in [-0.3, -0.25) is 14.9 Å². The molecule has 2 heterocycles. The summed E-state index contributed by atoms with van der Waals surface area (Å²) in [7, 11) is 0. The quantitative estimate of drug-likeness (QED) is 0.331. The maximum Gasteiger partial charge on any atom is 0.325 e. The van der Waals surface area contributed by atoms with Crippen molar-refractivity contribution in [3.63, 3.8) is 0 Å². The number of aryl methyl sites for hydroxylation is 1. The average molecular weight is 486 g/mol. The van der Waals surface area contributed by atoms with Crippen LogP contribution in [0.1, 0.15) is 47.3 Å². The lowest BCUT2D eigenvalue weighted by atomic mass is 9.94. The molecule has 11 heteroatoms. The van der Waals surface area contributed by atoms with Gasteiger partial charge >= 0.3 is 12.0 Å². The van der Waals surface area contributed by atoms with E-state index in [9.17, 15) is 19.5 Å². The summed E-state index contributed by atoms with van der Waals surface area (Å²) in [6.07, 6.45) is 6.83. The van der Waals surface area contributed by atoms with Crippen molar-refractivity contribution in [2.45, 2.75) is 48.4 Å². The molecule has 1 aliphatic carbocycles. The van der Waals surface area contributed by atoms with Crippen LogP contribution in [-0.2, 0) is 11.2 Å². The number of carboxylic acid groups (broad SMARTS) is 1. The topological polar surface area (TPSA) is 137 Å². The zero-order valence-corrected chi connectivity index (χ0v) is 19.5. The second-order valence-corrected chi connectivity index (χ2v) is 10.1. The third-order valence-corrected chi connectivity index (χ3v) is 7.42. The van der Waals surface area contributed by atoms with Gasteiger partial charge in [-0.05, 0) is 43.7 Å². The first kappa shape index (κ1) is 23.0. The van der Waals surface area contributed by atoms with Crippen LogP contribution in [0.15, 0.2) is 40.0 Å². The Morgan fingerprint density at radius 2 is 2.03 bits per heavy atom. The number of rotatable bonds is 8. The van der Waals surface area contributed by atoms with Crippen molar-refractivity contribution >= 4 is 51.7 Å². The van der Waals surface area contributed by atoms with Gasteiger partial charge in [0.15, 0.2) is 16.1 Å². The maximum atomic E-state index is 13.0. The van der Waals surface area contributed by atoms with Crippen molar-refractivity contribution in [2.75, 3.05) is 10.6 Å². The van der Waals surface area contributed by atoms with Crippen LogP contribution in [0.5, 0.6) is 0 Å². The molecule has 0 aliphatic heterocycles. The number of hydrogen-bond acceptors (Lipinski definition) is 7. The second kappa shape index (κ2) is 10.2. The molecule has 4 rings (SSSR count). The summed E-state index contributed by atoms with van der Waals surface area (Å²) in [6.45, 7) is 1.91. The van der Waals surface area contributed by atoms with Gasteiger partial charge in [0, 0.05) is 23.9 Å². The first-order chi connectivity index (χ1) is 15.9. The molecule has 0 radical (unpaired) electrons. The molecule has 0 atom stereocenters. The van der Waals surface area contributed by atoms with E-state index in [1.54, 1.807) is 18.5 Å². The predicted octanol–water partition coefficient (Wildman–Crippen LogP) is 4.97. The fourth-order valence-corrected chi connectivity index (χ4v) is 5.75. The van der Waals surface area contributed by atoms with Crippen LogP contribution in [0.4, 0.5) is 15.6 Å². The molecule has 33 heavy (non-hydrogen) atoms. The number of imidazole rings is 1. The number of hydrogen-bond donors (Lipinski definition) is 4. The Bertz CT molecular complexity index is 1170. The molecule has 1 aliphatic rings. The van der Waals surface area contributed by atoms with Crippen molar-refractivity contribution in [1.29, 1.82) is 0 Å². The van der Waals surface area contributed by atoms with Gasteiger partial charge in [-0.1, -0.05) is 35.8 Å². The van der Waals surface area contributed by atoms with Crippen LogP contribution >= 0.6 is 23.1 Å². The first-order valence-corrected chi connectivity index (χ1v) is 12.1. The lowest BCUT2D eigenvalue weighted by Gasteiger charge is -2.14. The molecule has 0 unspecified atom stereocenters. The van der Waals surface area contributed by atoms with Crippen LogP contribution < -0.4 is 10.6 Å². The summed E-state index contributed by atoms with van der Waals surface area (Å²) in [5, 5.41) is 15.5. The largest absolute Gasteiger partial charge is 0.481 e. The van der Waals surface area contributed by atoms with Gasteiger partial charge in [-0.2, -0.15) is 0 Å². The summed E-state index contributed by atoms with van der Waals surface area (Å²) in [6, 6.07) is 4.83. The van der Waals surface area contributed by atoms with Crippen molar-refractivity contribution in [1.82, 2.24) is 15.0 Å². The lowest BCUT2D eigenvalue weighted by molar-refractivity contribution is -0.136. The molecule has 0 spiro atoms. The minimum Gasteiger partial charge on any atom is -0.481 e. The zero-order valence-electron chi connectivity index (χ0n) is 17.9. The number of amides is 2. The number of nitrogens with one attached hydrogen (secondary N) is 3. The number of aromatic amines is 1. The molecule has 9 nitrogen and oxygen atoms in total. The van der Waals surface area contributed by atoms with E-state index in [-0.39, 0.29) is 23.3 Å². The monoisotopic (exact) mass is 485 g/mol. The third-order valence-electron chi connectivity index (χ3n) is 5.28. The SMILES string of the molecule is Cc1ccc(NC(=O)Nc2nc(CC(=O)O)c(Sc3ncc[nH]3)s2)c(C(=O)C2CCCC2)c1. The number of ketones is 1. The fraction of sp³-hybridized carbons (Fsp3) is 0.318. The van der Waals surface area contributed by atoms with Gasteiger partial charge in [0.1, 0.15) is 0 Å². The van der Waals surface area contributed by atoms with Gasteiger partial charge in [0.25, 0.3) is 0 Å². The minimum atomic E-state index is -1.02. The predicted molar refractivity (Wildman–Crippen MR) is 126 cm³/mol. The highest BCUT2D eigenvalue weighted by Crippen LogP contribution is 2.36. The minimum absolute atomic E-state index is 0.00543. The number of H-pyrrole nitrogens is 1. The Kier molecular flexibility index (Phi) is 7.09. The fourth-order valence-electron chi connectivity index (χ4n) is 3.75. The normalized spacial score (nSPS) is 13.7. The molecular formula is C22H23N5O4S2. The van der Waals surface area contributed by atoms with Gasteiger partial charge in [-0.15, -0.1) is 0 Å². The Morgan fingerprint density at radius 3 is 2.73 bits per heavy atom. The Balaban J connectivity index is 1.50. The number of anilines is 2. The van der Waals surface area contributed by atoms with Crippen LogP contribution in [0.2, 0.25) is 0 Å². The molecule has 0 bridgehead atoms. The van der Waals surface area contributed by atoms with Crippen molar-refractivity contribution in [3.8, 4) is 0 Å². The van der Waals surface area contributed by atoms with E-state index in [0.717, 1.165) is 42.6 Å². The maximum absolute atomic E-state index is 13.0. The summed E-state index contributed by atoms with van der Waals surface area (Å²) in [5.41, 5.74) is 2.25. The zero-order chi connectivity index (χ0) is 23.4. The highest BCUT2D eigenvalue weighted by atomic mass is 32.2. The number of carbonyl (C=O) groups excluding carboxylic acids is 2. The number of carboxylic acids is 1. The van der Waals surface area contributed by atoms with E-state index in [0.29, 0.717) is 26.3 Å². The van der Waals surface area contributed by atoms with E-state index in [1.165, 1.54) is 11.8 Å². The molecule has 1 saturated carbocycles. The highest BCUT2D eigenvalue weighted by Gasteiger charge is 2.26. The number of Topliss-reactive ketones (excluding diaryl/α,β-unsaturated/α-hetero) is 1. The van der Waals surface area contributed by atoms with Gasteiger partial charge in [-0.25, -0.2) is 14.8 Å². The highest BCUT2D eigenvalue weighted by molar-refractivity contribution is 8.01. The van der Waals surface area contributed by atoms with Crippen molar-refractivity contribution in [2.24, 2.45) is 5.92 Å². The van der Waals surface area contributed by atoms with Crippen molar-refractivity contribution in [3.05, 3.63) is 47.4 Å². The Morgan fingerprint density at radius 1 is 1.24 bits per heavy atom. The molecule has 172 valence electrons. The van der Waals surface area contributed by atoms with E-state index < -0.39 is 12.0 Å². The number of nitrogens with zero attached hydrogens (tertiary/aromatic N) is 2. The number of aromatic nitrogens is 3. The van der Waals surface area contributed by atoms with Gasteiger partial charge in [0.05, 0.1) is 22.0 Å². The molecule has 2 aromatic heterocycles. The molecule has 4 N–H and O–H groups in total. The van der Waals surface area contributed by atoms with E-state index in [4.69, 9.17) is 0 Å². The Labute approximate surface area is 198 Å². The summed E-state index contributed by atoms with van der Waals surface area (Å²) < 4.78 is 0.620. The molecule has 1 aromatic carbocycles. The molecule has 2 amide bonds. The van der Waals surface area contributed by atoms with E-state index in [1.807, 2.05) is 19.1 Å². The summed E-state index contributed by atoms with van der Waals surface area (Å²) in [4.78, 5) is 48.3. The summed E-state index contributed by atoms with van der Waals surface area (Å²) in [5.74, 6) is -0.969. The number of benzene rings is 1. The average Bonchev–Trinajstić information content (AvgIpc) is 3.52. The van der Waals surface area contributed by atoms with Crippen LogP contribution in [-0.4, -0.2) is 37.8 Å². The molecule has 3 aromatic rings. The number of thiazole rings is 1. The number of aliphatic carboxylic acids is 1. The van der Waals surface area contributed by atoms with Gasteiger partial charge < -0.3 is 15.4 Å². The molecular weight excluding hydrogens is 462 g/mol. The van der Waals surface area contributed by atoms with Crippen molar-refractivity contribution < 1.29 is 19.5 Å². The second-order valence-electron chi connectivity index (χ2n) is 7.79.